The fourth-order valence-electron chi connectivity index (χ4n) is 3.68. The molecule has 1 amide bonds. The summed E-state index contributed by atoms with van der Waals surface area (Å²) in [6.45, 7) is 2.64. The quantitative estimate of drug-likeness (QED) is 0.760. The summed E-state index contributed by atoms with van der Waals surface area (Å²) in [5, 5.41) is 6.39. The van der Waals surface area contributed by atoms with E-state index in [2.05, 4.69) is 10.6 Å². The smallest absolute Gasteiger partial charge is 0.220 e. The second-order valence-corrected chi connectivity index (χ2v) is 7.17. The number of hydrogen-bond acceptors (Lipinski definition) is 4. The van der Waals surface area contributed by atoms with Crippen LogP contribution in [0.25, 0.3) is 0 Å². The van der Waals surface area contributed by atoms with Gasteiger partial charge in [-0.05, 0) is 69.7 Å². The summed E-state index contributed by atoms with van der Waals surface area (Å²) in [6, 6.07) is 5.85. The minimum absolute atomic E-state index is 0.120. The lowest BCUT2D eigenvalue weighted by molar-refractivity contribution is -0.121. The number of rotatable bonds is 8. The minimum Gasteiger partial charge on any atom is -0.497 e. The predicted molar refractivity (Wildman–Crippen MR) is 97.9 cm³/mol. The van der Waals surface area contributed by atoms with Gasteiger partial charge in [0.05, 0.1) is 13.2 Å². The Hall–Kier alpha value is -1.75. The molecule has 0 aromatic heterocycles. The predicted octanol–water partition coefficient (Wildman–Crippen LogP) is 3.02. The minimum atomic E-state index is 0.120. The zero-order chi connectivity index (χ0) is 17.5. The van der Waals surface area contributed by atoms with Crippen LogP contribution >= 0.6 is 0 Å². The Bertz CT molecular complexity index is 564. The fourth-order valence-corrected chi connectivity index (χ4v) is 3.68. The molecule has 2 aliphatic rings. The molecule has 1 aliphatic heterocycles. The average Bonchev–Trinajstić information content (AvgIpc) is 3.32. The molecule has 1 heterocycles. The molecule has 1 saturated carbocycles. The van der Waals surface area contributed by atoms with Gasteiger partial charge in [0.15, 0.2) is 0 Å². The van der Waals surface area contributed by atoms with Crippen LogP contribution in [0.5, 0.6) is 11.5 Å². The number of benzene rings is 1. The van der Waals surface area contributed by atoms with Gasteiger partial charge in [0.1, 0.15) is 11.5 Å². The van der Waals surface area contributed by atoms with Crippen LogP contribution in [0, 0.1) is 5.92 Å². The van der Waals surface area contributed by atoms with E-state index in [1.165, 1.54) is 19.3 Å². The highest BCUT2D eigenvalue weighted by Gasteiger charge is 2.19. The highest BCUT2D eigenvalue weighted by molar-refractivity contribution is 5.75. The Morgan fingerprint density at radius 3 is 2.84 bits per heavy atom. The number of hydrogen-bond donors (Lipinski definition) is 2. The summed E-state index contributed by atoms with van der Waals surface area (Å²) in [5.74, 6) is 2.39. The van der Waals surface area contributed by atoms with Crippen LogP contribution in [0.15, 0.2) is 18.2 Å². The monoisotopic (exact) mass is 346 g/mol. The van der Waals surface area contributed by atoms with E-state index in [0.717, 1.165) is 49.4 Å². The van der Waals surface area contributed by atoms with E-state index in [-0.39, 0.29) is 12.0 Å². The molecule has 5 heteroatoms. The molecule has 1 saturated heterocycles. The zero-order valence-corrected chi connectivity index (χ0v) is 15.2. The van der Waals surface area contributed by atoms with E-state index < -0.39 is 0 Å². The molecule has 25 heavy (non-hydrogen) atoms. The summed E-state index contributed by atoms with van der Waals surface area (Å²) < 4.78 is 11.5. The molecule has 1 aromatic carbocycles. The normalized spacial score (nSPS) is 20.6. The van der Waals surface area contributed by atoms with Gasteiger partial charge in [0, 0.05) is 24.6 Å². The third-order valence-electron chi connectivity index (χ3n) is 5.29. The molecule has 5 nitrogen and oxygen atoms in total. The van der Waals surface area contributed by atoms with Crippen LogP contribution in [0.4, 0.5) is 0 Å². The van der Waals surface area contributed by atoms with Gasteiger partial charge in [0.2, 0.25) is 5.91 Å². The van der Waals surface area contributed by atoms with E-state index in [1.54, 1.807) is 7.11 Å². The van der Waals surface area contributed by atoms with Crippen molar-refractivity contribution in [2.24, 2.45) is 5.92 Å². The topological polar surface area (TPSA) is 59.6 Å². The summed E-state index contributed by atoms with van der Waals surface area (Å²) in [4.78, 5) is 12.2. The first-order valence-corrected chi connectivity index (χ1v) is 9.55. The van der Waals surface area contributed by atoms with Gasteiger partial charge >= 0.3 is 0 Å². The number of carbonyl (C=O) groups is 1. The van der Waals surface area contributed by atoms with Gasteiger partial charge in [0.25, 0.3) is 0 Å². The fraction of sp³-hybridized carbons (Fsp3) is 0.650. The molecule has 0 radical (unpaired) electrons. The highest BCUT2D eigenvalue weighted by atomic mass is 16.5. The summed E-state index contributed by atoms with van der Waals surface area (Å²) in [5.41, 5.74) is 1.02. The standard InChI is InChI=1S/C20H30N2O3/c1-24-18-8-7-16(19(12-18)25-17-4-2-3-5-17)14-22-20(23)9-6-15-10-11-21-13-15/h7-8,12,15,17,21H,2-6,9-11,13-14H2,1H3,(H,22,23). The molecule has 1 unspecified atom stereocenters. The maximum absolute atomic E-state index is 12.2. The molecular weight excluding hydrogens is 316 g/mol. The molecule has 0 bridgehead atoms. The van der Waals surface area contributed by atoms with Gasteiger partial charge in [-0.2, -0.15) is 0 Å². The Kier molecular flexibility index (Phi) is 6.56. The first-order chi connectivity index (χ1) is 12.2. The van der Waals surface area contributed by atoms with Gasteiger partial charge in [-0.3, -0.25) is 4.79 Å². The van der Waals surface area contributed by atoms with E-state index in [4.69, 9.17) is 9.47 Å². The number of nitrogens with one attached hydrogen (secondary N) is 2. The van der Waals surface area contributed by atoms with Crippen molar-refractivity contribution in [2.45, 2.75) is 57.6 Å². The van der Waals surface area contributed by atoms with E-state index >= 15 is 0 Å². The largest absolute Gasteiger partial charge is 0.497 e. The molecule has 3 rings (SSSR count). The molecular formula is C20H30N2O3. The number of carbonyl (C=O) groups excluding carboxylic acids is 1. The lowest BCUT2D eigenvalue weighted by Crippen LogP contribution is -2.24. The van der Waals surface area contributed by atoms with Crippen LogP contribution < -0.4 is 20.1 Å². The van der Waals surface area contributed by atoms with Crippen molar-refractivity contribution in [3.05, 3.63) is 23.8 Å². The molecule has 138 valence electrons. The lowest BCUT2D eigenvalue weighted by Gasteiger charge is -2.18. The van der Waals surface area contributed by atoms with Crippen molar-refractivity contribution in [2.75, 3.05) is 20.2 Å². The Morgan fingerprint density at radius 1 is 1.28 bits per heavy atom. The number of amides is 1. The molecule has 2 fully saturated rings. The lowest BCUT2D eigenvalue weighted by atomic mass is 10.0. The summed E-state index contributed by atoms with van der Waals surface area (Å²) in [6.07, 6.45) is 7.72. The average molecular weight is 346 g/mol. The van der Waals surface area contributed by atoms with Crippen molar-refractivity contribution >= 4 is 5.91 Å². The molecule has 0 spiro atoms. The maximum atomic E-state index is 12.2. The molecule has 1 aliphatic carbocycles. The summed E-state index contributed by atoms with van der Waals surface area (Å²) >= 11 is 0. The third kappa shape index (κ3) is 5.36. The number of ether oxygens (including phenoxy) is 2. The van der Waals surface area contributed by atoms with Gasteiger partial charge < -0.3 is 20.1 Å². The second kappa shape index (κ2) is 9.09. The van der Waals surface area contributed by atoms with Crippen LogP contribution in [0.3, 0.4) is 0 Å². The number of methoxy groups -OCH3 is 1. The van der Waals surface area contributed by atoms with Gasteiger partial charge in [-0.1, -0.05) is 0 Å². The van der Waals surface area contributed by atoms with Crippen LogP contribution in [-0.2, 0) is 11.3 Å². The van der Waals surface area contributed by atoms with Gasteiger partial charge in [-0.25, -0.2) is 0 Å². The van der Waals surface area contributed by atoms with Crippen molar-refractivity contribution in [3.8, 4) is 11.5 Å². The zero-order valence-electron chi connectivity index (χ0n) is 15.2. The van der Waals surface area contributed by atoms with E-state index in [0.29, 0.717) is 18.9 Å². The molecule has 1 atom stereocenters. The second-order valence-electron chi connectivity index (χ2n) is 7.17. The van der Waals surface area contributed by atoms with E-state index in [9.17, 15) is 4.79 Å². The van der Waals surface area contributed by atoms with Crippen LogP contribution in [0.1, 0.15) is 50.5 Å². The van der Waals surface area contributed by atoms with Crippen molar-refractivity contribution < 1.29 is 14.3 Å². The third-order valence-corrected chi connectivity index (χ3v) is 5.29. The Balaban J connectivity index is 1.53. The molecule has 2 N–H and O–H groups in total. The Labute approximate surface area is 150 Å². The van der Waals surface area contributed by atoms with Crippen molar-refractivity contribution in [1.82, 2.24) is 10.6 Å². The SMILES string of the molecule is COc1ccc(CNC(=O)CCC2CCNC2)c(OC2CCCC2)c1. The molecule has 1 aromatic rings. The van der Waals surface area contributed by atoms with Gasteiger partial charge in [-0.15, -0.1) is 0 Å². The van der Waals surface area contributed by atoms with E-state index in [1.807, 2.05) is 18.2 Å². The van der Waals surface area contributed by atoms with Crippen LogP contribution in [0.2, 0.25) is 0 Å². The first-order valence-electron chi connectivity index (χ1n) is 9.55. The van der Waals surface area contributed by atoms with Crippen molar-refractivity contribution in [3.63, 3.8) is 0 Å². The highest BCUT2D eigenvalue weighted by Crippen LogP contribution is 2.30. The first kappa shape index (κ1) is 18.1. The van der Waals surface area contributed by atoms with Crippen molar-refractivity contribution in [1.29, 1.82) is 0 Å². The van der Waals surface area contributed by atoms with Crippen LogP contribution in [-0.4, -0.2) is 32.2 Å². The Morgan fingerprint density at radius 2 is 2.12 bits per heavy atom. The summed E-state index contributed by atoms with van der Waals surface area (Å²) in [7, 11) is 1.66. The maximum Gasteiger partial charge on any atom is 0.220 e.